The van der Waals surface area contributed by atoms with Crippen molar-refractivity contribution in [3.63, 3.8) is 0 Å². The molecule has 2 aromatic rings. The van der Waals surface area contributed by atoms with Crippen LogP contribution in [0.2, 0.25) is 0 Å². The molecule has 3 rings (SSSR count). The van der Waals surface area contributed by atoms with Gasteiger partial charge in [0.1, 0.15) is 21.9 Å². The Labute approximate surface area is 135 Å². The predicted molar refractivity (Wildman–Crippen MR) is 85.6 cm³/mol. The van der Waals surface area contributed by atoms with Crippen LogP contribution in [0.15, 0.2) is 22.8 Å². The Balaban J connectivity index is 1.67. The monoisotopic (exact) mass is 321 g/mol. The number of likely N-dealkylation sites (tertiary alicyclic amines) is 1. The van der Waals surface area contributed by atoms with E-state index in [2.05, 4.69) is 15.1 Å². The summed E-state index contributed by atoms with van der Waals surface area (Å²) in [7, 11) is 0. The molecule has 0 spiro atoms. The van der Waals surface area contributed by atoms with Crippen LogP contribution in [-0.2, 0) is 6.54 Å². The fourth-order valence-corrected chi connectivity index (χ4v) is 3.88. The number of hydrogen-bond acceptors (Lipinski definition) is 6. The van der Waals surface area contributed by atoms with Gasteiger partial charge in [-0.3, -0.25) is 4.90 Å². The van der Waals surface area contributed by atoms with Gasteiger partial charge in [-0.15, -0.1) is 21.5 Å². The van der Waals surface area contributed by atoms with E-state index in [1.165, 1.54) is 19.3 Å². The van der Waals surface area contributed by atoms with Crippen molar-refractivity contribution in [3.05, 3.63) is 34.2 Å². The molecule has 3 heterocycles. The quantitative estimate of drug-likeness (QED) is 0.915. The van der Waals surface area contributed by atoms with Crippen molar-refractivity contribution in [2.45, 2.75) is 57.7 Å². The fourth-order valence-electron chi connectivity index (χ4n) is 3.14. The summed E-state index contributed by atoms with van der Waals surface area (Å²) in [4.78, 5) is 2.46. The average molecular weight is 321 g/mol. The molecule has 0 aromatic carbocycles. The van der Waals surface area contributed by atoms with Crippen LogP contribution >= 0.6 is 11.3 Å². The molecule has 2 atom stereocenters. The lowest BCUT2D eigenvalue weighted by atomic mass is 10.0. The molecule has 0 unspecified atom stereocenters. The number of hydrogen-bond donors (Lipinski definition) is 1. The summed E-state index contributed by atoms with van der Waals surface area (Å²) in [6.45, 7) is 3.89. The Bertz CT molecular complexity index is 570. The van der Waals surface area contributed by atoms with E-state index in [0.29, 0.717) is 18.2 Å². The Morgan fingerprint density at radius 1 is 1.41 bits per heavy atom. The molecule has 1 N–H and O–H groups in total. The Kier molecular flexibility index (Phi) is 5.23. The molecule has 1 aliphatic rings. The van der Waals surface area contributed by atoms with Gasteiger partial charge in [-0.2, -0.15) is 0 Å². The Hall–Kier alpha value is -1.24. The lowest BCUT2D eigenvalue weighted by Gasteiger charge is -2.30. The normalized spacial score (nSPS) is 21.6. The standard InChI is InChI=1S/C16H23N3O2S/c1-12-17-18-16(22-12)11-19-8-4-2-3-6-13(19)10-14(20)15-7-5-9-21-15/h5,7,9,13-14,20H,2-4,6,8,10-11H2,1H3/t13-,14-/m0/s1. The van der Waals surface area contributed by atoms with Crippen LogP contribution in [0.25, 0.3) is 0 Å². The van der Waals surface area contributed by atoms with Gasteiger partial charge in [0.15, 0.2) is 0 Å². The average Bonchev–Trinajstić information content (AvgIpc) is 3.12. The highest BCUT2D eigenvalue weighted by atomic mass is 32.1. The molecule has 0 amide bonds. The van der Waals surface area contributed by atoms with Crippen LogP contribution in [0, 0.1) is 6.92 Å². The summed E-state index contributed by atoms with van der Waals surface area (Å²) in [5.74, 6) is 0.663. The van der Waals surface area contributed by atoms with Crippen LogP contribution < -0.4 is 0 Å². The molecular weight excluding hydrogens is 298 g/mol. The highest BCUT2D eigenvalue weighted by molar-refractivity contribution is 7.11. The third kappa shape index (κ3) is 3.94. The summed E-state index contributed by atoms with van der Waals surface area (Å²) in [5, 5.41) is 20.8. The van der Waals surface area contributed by atoms with Crippen molar-refractivity contribution < 1.29 is 9.52 Å². The zero-order valence-corrected chi connectivity index (χ0v) is 13.8. The molecule has 22 heavy (non-hydrogen) atoms. The van der Waals surface area contributed by atoms with Gasteiger partial charge in [0.2, 0.25) is 0 Å². The maximum atomic E-state index is 10.4. The largest absolute Gasteiger partial charge is 0.467 e. The van der Waals surface area contributed by atoms with E-state index < -0.39 is 6.10 Å². The predicted octanol–water partition coefficient (Wildman–Crippen LogP) is 3.31. The van der Waals surface area contributed by atoms with E-state index >= 15 is 0 Å². The topological polar surface area (TPSA) is 62.4 Å². The molecule has 2 aromatic heterocycles. The first-order valence-corrected chi connectivity index (χ1v) is 8.78. The fraction of sp³-hybridized carbons (Fsp3) is 0.625. The van der Waals surface area contributed by atoms with Crippen molar-refractivity contribution in [2.24, 2.45) is 0 Å². The van der Waals surface area contributed by atoms with Gasteiger partial charge in [-0.05, 0) is 44.9 Å². The smallest absolute Gasteiger partial charge is 0.132 e. The molecule has 0 radical (unpaired) electrons. The van der Waals surface area contributed by atoms with Gasteiger partial charge in [0.05, 0.1) is 12.8 Å². The molecule has 1 aliphatic heterocycles. The molecular formula is C16H23N3O2S. The number of nitrogens with zero attached hydrogens (tertiary/aromatic N) is 3. The lowest BCUT2D eigenvalue weighted by molar-refractivity contribution is 0.0829. The van der Waals surface area contributed by atoms with Crippen LogP contribution in [0.1, 0.15) is 54.0 Å². The van der Waals surface area contributed by atoms with E-state index in [-0.39, 0.29) is 0 Å². The van der Waals surface area contributed by atoms with Crippen molar-refractivity contribution in [1.29, 1.82) is 0 Å². The van der Waals surface area contributed by atoms with Crippen LogP contribution in [0.5, 0.6) is 0 Å². The third-order valence-corrected chi connectivity index (χ3v) is 5.10. The second kappa shape index (κ2) is 7.35. The Morgan fingerprint density at radius 2 is 2.32 bits per heavy atom. The molecule has 0 aliphatic carbocycles. The Morgan fingerprint density at radius 3 is 3.05 bits per heavy atom. The summed E-state index contributed by atoms with van der Waals surface area (Å²) in [6.07, 6.45) is 6.62. The van der Waals surface area contributed by atoms with Crippen LogP contribution in [0.4, 0.5) is 0 Å². The minimum atomic E-state index is -0.531. The van der Waals surface area contributed by atoms with E-state index in [9.17, 15) is 5.11 Å². The number of aliphatic hydroxyl groups excluding tert-OH is 1. The van der Waals surface area contributed by atoms with Crippen molar-refractivity contribution >= 4 is 11.3 Å². The first kappa shape index (κ1) is 15.6. The summed E-state index contributed by atoms with van der Waals surface area (Å²) >= 11 is 1.66. The number of aromatic nitrogens is 2. The van der Waals surface area contributed by atoms with E-state index in [4.69, 9.17) is 4.42 Å². The van der Waals surface area contributed by atoms with Crippen molar-refractivity contribution in [3.8, 4) is 0 Å². The summed E-state index contributed by atoms with van der Waals surface area (Å²) < 4.78 is 5.34. The number of rotatable bonds is 5. The van der Waals surface area contributed by atoms with Gasteiger partial charge in [0, 0.05) is 6.04 Å². The molecule has 1 saturated heterocycles. The van der Waals surface area contributed by atoms with Crippen LogP contribution in [-0.4, -0.2) is 32.8 Å². The van der Waals surface area contributed by atoms with E-state index in [1.807, 2.05) is 19.1 Å². The maximum absolute atomic E-state index is 10.4. The minimum Gasteiger partial charge on any atom is -0.467 e. The number of aliphatic hydroxyl groups is 1. The van der Waals surface area contributed by atoms with Gasteiger partial charge < -0.3 is 9.52 Å². The van der Waals surface area contributed by atoms with Crippen LogP contribution in [0.3, 0.4) is 0 Å². The molecule has 1 fully saturated rings. The molecule has 120 valence electrons. The van der Waals surface area contributed by atoms with Gasteiger partial charge in [0.25, 0.3) is 0 Å². The first-order chi connectivity index (χ1) is 10.7. The second-order valence-electron chi connectivity index (χ2n) is 5.96. The third-order valence-electron chi connectivity index (χ3n) is 4.27. The van der Waals surface area contributed by atoms with Gasteiger partial charge in [-0.25, -0.2) is 0 Å². The van der Waals surface area contributed by atoms with Gasteiger partial charge in [-0.1, -0.05) is 12.8 Å². The summed E-state index contributed by atoms with van der Waals surface area (Å²) in [6, 6.07) is 4.04. The van der Waals surface area contributed by atoms with Gasteiger partial charge >= 0.3 is 0 Å². The number of aryl methyl sites for hydroxylation is 1. The molecule has 5 nitrogen and oxygen atoms in total. The zero-order valence-electron chi connectivity index (χ0n) is 12.9. The van der Waals surface area contributed by atoms with E-state index in [0.717, 1.165) is 29.5 Å². The second-order valence-corrected chi connectivity index (χ2v) is 7.22. The van der Waals surface area contributed by atoms with Crippen molar-refractivity contribution in [1.82, 2.24) is 15.1 Å². The highest BCUT2D eigenvalue weighted by Crippen LogP contribution is 2.28. The zero-order chi connectivity index (χ0) is 15.4. The summed E-state index contributed by atoms with van der Waals surface area (Å²) in [5.41, 5.74) is 0. The lowest BCUT2D eigenvalue weighted by Crippen LogP contribution is -2.35. The van der Waals surface area contributed by atoms with Crippen molar-refractivity contribution in [2.75, 3.05) is 6.54 Å². The number of furan rings is 1. The minimum absolute atomic E-state index is 0.367. The molecule has 6 heteroatoms. The maximum Gasteiger partial charge on any atom is 0.132 e. The SMILES string of the molecule is Cc1nnc(CN2CCCCC[C@H]2C[C@H](O)c2ccco2)s1. The first-order valence-electron chi connectivity index (χ1n) is 7.97. The molecule has 0 bridgehead atoms. The van der Waals surface area contributed by atoms with E-state index in [1.54, 1.807) is 17.6 Å². The molecule has 0 saturated carbocycles. The highest BCUT2D eigenvalue weighted by Gasteiger charge is 2.26.